The fraction of sp³-hybridized carbons (Fsp3) is 0.0833. The molecular weight excluding hydrogens is 351 g/mol. The second-order valence-electron chi connectivity index (χ2n) is 3.80. The highest BCUT2D eigenvalue weighted by molar-refractivity contribution is 9.10. The van der Waals surface area contributed by atoms with Crippen molar-refractivity contribution < 1.29 is 19.1 Å². The lowest BCUT2D eigenvalue weighted by Gasteiger charge is -2.02. The predicted molar refractivity (Wildman–Crippen MR) is 75.5 cm³/mol. The number of rotatable bonds is 4. The minimum Gasteiger partial charge on any atom is -0.481 e. The van der Waals surface area contributed by atoms with E-state index in [1.165, 1.54) is 12.1 Å². The van der Waals surface area contributed by atoms with Crippen LogP contribution in [0.25, 0.3) is 0 Å². The molecule has 8 heteroatoms. The smallest absolute Gasteiger partial charge is 0.309 e. The van der Waals surface area contributed by atoms with Crippen molar-refractivity contribution in [3.8, 4) is 0 Å². The first-order valence-corrected chi connectivity index (χ1v) is 7.05. The van der Waals surface area contributed by atoms with Crippen LogP contribution in [-0.4, -0.2) is 22.0 Å². The van der Waals surface area contributed by atoms with Gasteiger partial charge in [-0.1, -0.05) is 0 Å². The normalized spacial score (nSPS) is 10.3. The van der Waals surface area contributed by atoms with Gasteiger partial charge in [-0.15, -0.1) is 11.3 Å². The third kappa shape index (κ3) is 3.61. The summed E-state index contributed by atoms with van der Waals surface area (Å²) in [5.74, 6) is -2.04. The lowest BCUT2D eigenvalue weighted by Crippen LogP contribution is -2.12. The van der Waals surface area contributed by atoms with Crippen LogP contribution in [0.1, 0.15) is 16.1 Å². The lowest BCUT2D eigenvalue weighted by atomic mass is 10.2. The van der Waals surface area contributed by atoms with Gasteiger partial charge in [0.05, 0.1) is 16.6 Å². The number of thiazole rings is 1. The molecule has 0 saturated carbocycles. The van der Waals surface area contributed by atoms with Crippen LogP contribution in [-0.2, 0) is 11.2 Å². The molecule has 0 aliphatic rings. The number of halogens is 2. The summed E-state index contributed by atoms with van der Waals surface area (Å²) >= 11 is 4.11. The molecule has 0 spiro atoms. The molecule has 2 N–H and O–H groups in total. The predicted octanol–water partition coefficient (Wildman–Crippen LogP) is 2.92. The summed E-state index contributed by atoms with van der Waals surface area (Å²) in [6.07, 6.45) is -0.209. The van der Waals surface area contributed by atoms with Crippen LogP contribution in [0.4, 0.5) is 9.52 Å². The summed E-state index contributed by atoms with van der Waals surface area (Å²) in [6, 6.07) is 4.00. The van der Waals surface area contributed by atoms with E-state index in [0.29, 0.717) is 5.69 Å². The third-order valence-electron chi connectivity index (χ3n) is 2.29. The van der Waals surface area contributed by atoms with E-state index in [9.17, 15) is 14.0 Å². The van der Waals surface area contributed by atoms with Crippen LogP contribution in [0, 0.1) is 5.82 Å². The summed E-state index contributed by atoms with van der Waals surface area (Å²) in [4.78, 5) is 26.3. The molecule has 0 atom stereocenters. The van der Waals surface area contributed by atoms with E-state index >= 15 is 0 Å². The zero-order chi connectivity index (χ0) is 14.7. The van der Waals surface area contributed by atoms with E-state index in [1.807, 2.05) is 0 Å². The number of anilines is 1. The van der Waals surface area contributed by atoms with Crippen molar-refractivity contribution in [2.24, 2.45) is 0 Å². The number of carbonyl (C=O) groups excluding carboxylic acids is 1. The fourth-order valence-corrected chi connectivity index (χ4v) is 2.36. The molecule has 0 unspecified atom stereocenters. The van der Waals surface area contributed by atoms with Gasteiger partial charge in [-0.25, -0.2) is 9.37 Å². The molecule has 0 aliphatic carbocycles. The highest BCUT2D eigenvalue weighted by atomic mass is 79.9. The third-order valence-corrected chi connectivity index (χ3v) is 3.74. The Bertz CT molecular complexity index is 674. The first-order chi connectivity index (χ1) is 9.45. The average molecular weight is 359 g/mol. The molecule has 0 saturated heterocycles. The molecule has 1 aromatic heterocycles. The van der Waals surface area contributed by atoms with Crippen molar-refractivity contribution in [2.75, 3.05) is 5.32 Å². The van der Waals surface area contributed by atoms with E-state index in [4.69, 9.17) is 5.11 Å². The quantitative estimate of drug-likeness (QED) is 0.880. The maximum atomic E-state index is 13.3. The van der Waals surface area contributed by atoms with Gasteiger partial charge in [0, 0.05) is 10.9 Å². The Balaban J connectivity index is 2.09. The van der Waals surface area contributed by atoms with Crippen LogP contribution in [0.3, 0.4) is 0 Å². The molecule has 0 bridgehead atoms. The number of amides is 1. The van der Waals surface area contributed by atoms with E-state index in [0.717, 1.165) is 17.4 Å². The van der Waals surface area contributed by atoms with Crippen LogP contribution in [0.5, 0.6) is 0 Å². The van der Waals surface area contributed by atoms with Crippen LogP contribution >= 0.6 is 27.3 Å². The van der Waals surface area contributed by atoms with Crippen molar-refractivity contribution in [3.05, 3.63) is 45.1 Å². The first kappa shape index (κ1) is 14.6. The first-order valence-electron chi connectivity index (χ1n) is 5.38. The summed E-state index contributed by atoms with van der Waals surface area (Å²) in [6.45, 7) is 0. The standard InChI is InChI=1S/C12H8BrFN2O3S/c13-8-2-1-6(3-9(8)14)11(19)16-12-15-7(5-20-12)4-10(17)18/h1-3,5H,4H2,(H,17,18)(H,15,16,19). The Hall–Kier alpha value is -1.80. The topological polar surface area (TPSA) is 79.3 Å². The minimum absolute atomic E-state index is 0.153. The van der Waals surface area contributed by atoms with Gasteiger partial charge < -0.3 is 5.11 Å². The summed E-state index contributed by atoms with van der Waals surface area (Å²) in [5.41, 5.74) is 0.514. The zero-order valence-corrected chi connectivity index (χ0v) is 12.3. The van der Waals surface area contributed by atoms with Gasteiger partial charge in [0.1, 0.15) is 5.82 Å². The van der Waals surface area contributed by atoms with Crippen LogP contribution < -0.4 is 5.32 Å². The number of benzene rings is 1. The van der Waals surface area contributed by atoms with E-state index in [-0.39, 0.29) is 21.6 Å². The number of nitrogens with zero attached hydrogens (tertiary/aromatic N) is 1. The van der Waals surface area contributed by atoms with Gasteiger partial charge in [0.15, 0.2) is 5.13 Å². The highest BCUT2D eigenvalue weighted by Crippen LogP contribution is 2.19. The fourth-order valence-electron chi connectivity index (χ4n) is 1.41. The molecule has 2 aromatic rings. The Morgan fingerprint density at radius 1 is 1.45 bits per heavy atom. The summed E-state index contributed by atoms with van der Waals surface area (Å²) < 4.78 is 13.6. The maximum Gasteiger partial charge on any atom is 0.309 e. The Morgan fingerprint density at radius 3 is 2.85 bits per heavy atom. The molecule has 104 valence electrons. The number of carboxylic acids is 1. The average Bonchev–Trinajstić information content (AvgIpc) is 2.79. The van der Waals surface area contributed by atoms with Crippen molar-refractivity contribution in [1.82, 2.24) is 4.98 Å². The lowest BCUT2D eigenvalue weighted by molar-refractivity contribution is -0.136. The summed E-state index contributed by atoms with van der Waals surface area (Å²) in [7, 11) is 0. The van der Waals surface area contributed by atoms with E-state index in [2.05, 4.69) is 26.2 Å². The van der Waals surface area contributed by atoms with Crippen molar-refractivity contribution in [3.63, 3.8) is 0 Å². The van der Waals surface area contributed by atoms with Gasteiger partial charge in [-0.2, -0.15) is 0 Å². The molecule has 1 amide bonds. The molecule has 2 rings (SSSR count). The number of hydrogen-bond acceptors (Lipinski definition) is 4. The van der Waals surface area contributed by atoms with Gasteiger partial charge >= 0.3 is 5.97 Å². The van der Waals surface area contributed by atoms with Crippen molar-refractivity contribution >= 4 is 44.3 Å². The molecule has 0 radical (unpaired) electrons. The van der Waals surface area contributed by atoms with Gasteiger partial charge in [-0.05, 0) is 34.1 Å². The maximum absolute atomic E-state index is 13.3. The number of nitrogens with one attached hydrogen (secondary N) is 1. The van der Waals surface area contributed by atoms with Crippen LogP contribution in [0.2, 0.25) is 0 Å². The molecule has 0 fully saturated rings. The zero-order valence-electron chi connectivity index (χ0n) is 9.89. The van der Waals surface area contributed by atoms with E-state index in [1.54, 1.807) is 5.38 Å². The Labute approximate surface area is 125 Å². The molecule has 1 heterocycles. The van der Waals surface area contributed by atoms with E-state index < -0.39 is 17.7 Å². The summed E-state index contributed by atoms with van der Waals surface area (Å²) in [5, 5.41) is 12.9. The van der Waals surface area contributed by atoms with Crippen LogP contribution in [0.15, 0.2) is 28.1 Å². The van der Waals surface area contributed by atoms with Crippen molar-refractivity contribution in [1.29, 1.82) is 0 Å². The molecule has 20 heavy (non-hydrogen) atoms. The monoisotopic (exact) mass is 358 g/mol. The minimum atomic E-state index is -0.997. The Kier molecular flexibility index (Phi) is 4.46. The molecule has 1 aromatic carbocycles. The Morgan fingerprint density at radius 2 is 2.20 bits per heavy atom. The highest BCUT2D eigenvalue weighted by Gasteiger charge is 2.12. The van der Waals surface area contributed by atoms with Gasteiger partial charge in [-0.3, -0.25) is 14.9 Å². The van der Waals surface area contributed by atoms with Gasteiger partial charge in [0.25, 0.3) is 5.91 Å². The number of aliphatic carboxylic acids is 1. The number of hydrogen-bond donors (Lipinski definition) is 2. The second-order valence-corrected chi connectivity index (χ2v) is 5.51. The number of carbonyl (C=O) groups is 2. The SMILES string of the molecule is O=C(O)Cc1csc(NC(=O)c2ccc(Br)c(F)c2)n1. The molecular formula is C12H8BrFN2O3S. The second kappa shape index (κ2) is 6.10. The molecule has 5 nitrogen and oxygen atoms in total. The molecule has 0 aliphatic heterocycles. The largest absolute Gasteiger partial charge is 0.481 e. The van der Waals surface area contributed by atoms with Gasteiger partial charge in [0.2, 0.25) is 0 Å². The number of aromatic nitrogens is 1. The van der Waals surface area contributed by atoms with Crippen molar-refractivity contribution in [2.45, 2.75) is 6.42 Å². The number of carboxylic acid groups (broad SMARTS) is 1.